The van der Waals surface area contributed by atoms with E-state index in [1.807, 2.05) is 11.9 Å². The summed E-state index contributed by atoms with van der Waals surface area (Å²) in [6, 6.07) is 6.29. The third kappa shape index (κ3) is 5.75. The van der Waals surface area contributed by atoms with Crippen LogP contribution in [0.3, 0.4) is 0 Å². The fourth-order valence-corrected chi connectivity index (χ4v) is 1.60. The van der Waals surface area contributed by atoms with E-state index in [4.69, 9.17) is 5.73 Å². The lowest BCUT2D eigenvalue weighted by Crippen LogP contribution is -2.38. The van der Waals surface area contributed by atoms with Gasteiger partial charge >= 0.3 is 0 Å². The van der Waals surface area contributed by atoms with Crippen molar-refractivity contribution in [3.05, 3.63) is 35.6 Å². The Bertz CT molecular complexity index is 367. The largest absolute Gasteiger partial charge is 0.355 e. The van der Waals surface area contributed by atoms with Crippen molar-refractivity contribution in [2.24, 2.45) is 5.73 Å². The van der Waals surface area contributed by atoms with E-state index in [0.717, 1.165) is 5.56 Å². The van der Waals surface area contributed by atoms with Gasteiger partial charge in [-0.15, -0.1) is 0 Å². The van der Waals surface area contributed by atoms with Gasteiger partial charge < -0.3 is 11.1 Å². The molecule has 0 aliphatic carbocycles. The second-order valence-electron chi connectivity index (χ2n) is 4.25. The summed E-state index contributed by atoms with van der Waals surface area (Å²) < 4.78 is 12.7. The molecule has 4 nitrogen and oxygen atoms in total. The highest BCUT2D eigenvalue weighted by molar-refractivity contribution is 5.77. The van der Waals surface area contributed by atoms with Crippen molar-refractivity contribution >= 4 is 5.91 Å². The number of carbonyl (C=O) groups is 1. The van der Waals surface area contributed by atoms with Gasteiger partial charge in [-0.2, -0.15) is 0 Å². The predicted molar refractivity (Wildman–Crippen MR) is 69.7 cm³/mol. The van der Waals surface area contributed by atoms with Crippen LogP contribution in [-0.4, -0.2) is 44.0 Å². The van der Waals surface area contributed by atoms with Crippen LogP contribution >= 0.6 is 0 Å². The van der Waals surface area contributed by atoms with Crippen LogP contribution in [0.25, 0.3) is 0 Å². The van der Waals surface area contributed by atoms with Gasteiger partial charge in [0.2, 0.25) is 5.91 Å². The molecule has 0 heterocycles. The van der Waals surface area contributed by atoms with Crippen molar-refractivity contribution in [1.82, 2.24) is 10.2 Å². The molecule has 0 atom stereocenters. The van der Waals surface area contributed by atoms with Crippen LogP contribution in [0.4, 0.5) is 4.39 Å². The second kappa shape index (κ2) is 7.79. The van der Waals surface area contributed by atoms with Gasteiger partial charge in [-0.1, -0.05) is 12.1 Å². The third-order valence-electron chi connectivity index (χ3n) is 2.57. The van der Waals surface area contributed by atoms with E-state index < -0.39 is 0 Å². The Balaban J connectivity index is 2.21. The molecule has 0 unspecified atom stereocenters. The number of amides is 1. The molecule has 0 saturated heterocycles. The molecule has 5 heteroatoms. The Kier molecular flexibility index (Phi) is 6.32. The lowest BCUT2D eigenvalue weighted by Gasteiger charge is -2.14. The molecule has 1 aromatic carbocycles. The van der Waals surface area contributed by atoms with Crippen molar-refractivity contribution in [1.29, 1.82) is 0 Å². The van der Waals surface area contributed by atoms with Gasteiger partial charge in [0.05, 0.1) is 6.54 Å². The smallest absolute Gasteiger partial charge is 0.234 e. The molecule has 0 spiro atoms. The number of likely N-dealkylation sites (N-methyl/N-ethyl adjacent to an activating group) is 1. The summed E-state index contributed by atoms with van der Waals surface area (Å²) in [7, 11) is 1.85. The summed E-state index contributed by atoms with van der Waals surface area (Å²) in [6.07, 6.45) is 0.701. The minimum absolute atomic E-state index is 0.0203. The van der Waals surface area contributed by atoms with Crippen LogP contribution < -0.4 is 11.1 Å². The second-order valence-corrected chi connectivity index (χ2v) is 4.25. The zero-order valence-corrected chi connectivity index (χ0v) is 10.7. The Morgan fingerprint density at radius 2 is 2.06 bits per heavy atom. The molecule has 0 aliphatic rings. The first kappa shape index (κ1) is 14.6. The average Bonchev–Trinajstić information content (AvgIpc) is 2.32. The molecular formula is C13H20FN3O. The van der Waals surface area contributed by atoms with Crippen LogP contribution in [0.2, 0.25) is 0 Å². The maximum atomic E-state index is 12.7. The molecule has 0 bridgehead atoms. The Morgan fingerprint density at radius 1 is 1.39 bits per heavy atom. The monoisotopic (exact) mass is 253 g/mol. The van der Waals surface area contributed by atoms with Gasteiger partial charge in [0.25, 0.3) is 0 Å². The topological polar surface area (TPSA) is 58.4 Å². The standard InChI is InChI=1S/C13H20FN3O/c1-17(9-7-15)10-13(18)16-8-6-11-2-4-12(14)5-3-11/h2-5H,6-10,15H2,1H3,(H,16,18). The highest BCUT2D eigenvalue weighted by atomic mass is 19.1. The summed E-state index contributed by atoms with van der Waals surface area (Å²) in [5, 5.41) is 2.82. The first-order chi connectivity index (χ1) is 8.61. The normalized spacial score (nSPS) is 10.7. The molecule has 100 valence electrons. The minimum Gasteiger partial charge on any atom is -0.355 e. The number of nitrogens with zero attached hydrogens (tertiary/aromatic N) is 1. The van der Waals surface area contributed by atoms with Crippen molar-refractivity contribution < 1.29 is 9.18 Å². The van der Waals surface area contributed by atoms with Gasteiger partial charge in [-0.25, -0.2) is 4.39 Å². The predicted octanol–water partition coefficient (Wildman–Crippen LogP) is 0.375. The quantitative estimate of drug-likeness (QED) is 0.738. The van der Waals surface area contributed by atoms with Crippen LogP contribution in [-0.2, 0) is 11.2 Å². The van der Waals surface area contributed by atoms with Gasteiger partial charge in [0.15, 0.2) is 0 Å². The molecule has 0 radical (unpaired) electrons. The van der Waals surface area contributed by atoms with E-state index in [2.05, 4.69) is 5.32 Å². The average molecular weight is 253 g/mol. The molecule has 18 heavy (non-hydrogen) atoms. The third-order valence-corrected chi connectivity index (χ3v) is 2.57. The van der Waals surface area contributed by atoms with E-state index in [0.29, 0.717) is 32.6 Å². The first-order valence-electron chi connectivity index (χ1n) is 6.01. The van der Waals surface area contributed by atoms with Crippen LogP contribution in [0, 0.1) is 5.82 Å². The number of halogens is 1. The van der Waals surface area contributed by atoms with Gasteiger partial charge in [0, 0.05) is 19.6 Å². The Morgan fingerprint density at radius 3 is 2.67 bits per heavy atom. The fraction of sp³-hybridized carbons (Fsp3) is 0.462. The lowest BCUT2D eigenvalue weighted by atomic mass is 10.1. The highest BCUT2D eigenvalue weighted by Gasteiger charge is 2.04. The number of nitrogens with two attached hydrogens (primary N) is 1. The Labute approximate surface area is 107 Å². The van der Waals surface area contributed by atoms with Crippen molar-refractivity contribution in [3.63, 3.8) is 0 Å². The fourth-order valence-electron chi connectivity index (χ4n) is 1.60. The van der Waals surface area contributed by atoms with Crippen molar-refractivity contribution in [3.8, 4) is 0 Å². The zero-order valence-electron chi connectivity index (χ0n) is 10.7. The molecule has 1 aromatic rings. The van der Waals surface area contributed by atoms with E-state index >= 15 is 0 Å². The molecule has 0 saturated carbocycles. The van der Waals surface area contributed by atoms with E-state index in [-0.39, 0.29) is 11.7 Å². The Hall–Kier alpha value is -1.46. The number of rotatable bonds is 7. The maximum Gasteiger partial charge on any atom is 0.234 e. The number of carbonyl (C=O) groups excluding carboxylic acids is 1. The molecular weight excluding hydrogens is 233 g/mol. The van der Waals surface area contributed by atoms with E-state index in [1.54, 1.807) is 12.1 Å². The number of benzene rings is 1. The van der Waals surface area contributed by atoms with E-state index in [9.17, 15) is 9.18 Å². The SMILES string of the molecule is CN(CCN)CC(=O)NCCc1ccc(F)cc1. The van der Waals surface area contributed by atoms with Crippen LogP contribution in [0.1, 0.15) is 5.56 Å². The van der Waals surface area contributed by atoms with Gasteiger partial charge in [-0.05, 0) is 31.2 Å². The van der Waals surface area contributed by atoms with Crippen molar-refractivity contribution in [2.45, 2.75) is 6.42 Å². The summed E-state index contributed by atoms with van der Waals surface area (Å²) >= 11 is 0. The number of hydrogen-bond donors (Lipinski definition) is 2. The molecule has 0 aliphatic heterocycles. The minimum atomic E-state index is -0.244. The first-order valence-corrected chi connectivity index (χ1v) is 6.01. The number of hydrogen-bond acceptors (Lipinski definition) is 3. The molecule has 0 aromatic heterocycles. The summed E-state index contributed by atoms with van der Waals surface area (Å²) in [5.41, 5.74) is 6.40. The number of nitrogens with one attached hydrogen (secondary N) is 1. The van der Waals surface area contributed by atoms with E-state index in [1.165, 1.54) is 12.1 Å². The van der Waals surface area contributed by atoms with Crippen LogP contribution in [0.5, 0.6) is 0 Å². The van der Waals surface area contributed by atoms with Gasteiger partial charge in [0.1, 0.15) is 5.82 Å². The molecule has 3 N–H and O–H groups in total. The van der Waals surface area contributed by atoms with Crippen LogP contribution in [0.15, 0.2) is 24.3 Å². The molecule has 0 fully saturated rings. The zero-order chi connectivity index (χ0) is 13.4. The lowest BCUT2D eigenvalue weighted by molar-refractivity contribution is -0.121. The summed E-state index contributed by atoms with van der Waals surface area (Å²) in [4.78, 5) is 13.4. The van der Waals surface area contributed by atoms with Crippen molar-refractivity contribution in [2.75, 3.05) is 33.2 Å². The highest BCUT2D eigenvalue weighted by Crippen LogP contribution is 2.02. The molecule has 1 amide bonds. The summed E-state index contributed by atoms with van der Waals surface area (Å²) in [5.74, 6) is -0.265. The molecule has 1 rings (SSSR count). The summed E-state index contributed by atoms with van der Waals surface area (Å²) in [6.45, 7) is 2.15. The van der Waals surface area contributed by atoms with Gasteiger partial charge in [-0.3, -0.25) is 9.69 Å². The maximum absolute atomic E-state index is 12.7.